The molecule has 2 aromatic carbocycles. The van der Waals surface area contributed by atoms with Crippen molar-refractivity contribution in [1.82, 2.24) is 0 Å². The predicted octanol–water partition coefficient (Wildman–Crippen LogP) is 4.39. The standard InChI is InChI=1S/C17H17BrFNO3/c1-3-22-14-7-5-13(6-8-14)20-17(21)11(2)23-16-9-4-12(19)10-15(16)18/h4-11H,3H2,1-2H3,(H,20,21). The number of amides is 1. The van der Waals surface area contributed by atoms with Crippen LogP contribution >= 0.6 is 15.9 Å². The van der Waals surface area contributed by atoms with E-state index in [4.69, 9.17) is 9.47 Å². The number of hydrogen-bond donors (Lipinski definition) is 1. The fourth-order valence-electron chi connectivity index (χ4n) is 1.86. The number of ether oxygens (including phenoxy) is 2. The molecule has 0 aliphatic rings. The van der Waals surface area contributed by atoms with Gasteiger partial charge in [-0.1, -0.05) is 0 Å². The molecule has 0 aliphatic heterocycles. The predicted molar refractivity (Wildman–Crippen MR) is 90.4 cm³/mol. The Balaban J connectivity index is 1.96. The minimum absolute atomic E-state index is 0.301. The van der Waals surface area contributed by atoms with Crippen molar-refractivity contribution in [3.05, 3.63) is 52.8 Å². The molecule has 2 rings (SSSR count). The molecule has 1 amide bonds. The molecule has 0 spiro atoms. The maximum Gasteiger partial charge on any atom is 0.265 e. The zero-order chi connectivity index (χ0) is 16.8. The van der Waals surface area contributed by atoms with Crippen LogP contribution in [-0.4, -0.2) is 18.6 Å². The topological polar surface area (TPSA) is 47.6 Å². The number of halogens is 2. The van der Waals surface area contributed by atoms with Crippen LogP contribution < -0.4 is 14.8 Å². The van der Waals surface area contributed by atoms with E-state index in [9.17, 15) is 9.18 Å². The lowest BCUT2D eigenvalue weighted by Gasteiger charge is -2.16. The number of nitrogens with one attached hydrogen (secondary N) is 1. The molecule has 0 fully saturated rings. The summed E-state index contributed by atoms with van der Waals surface area (Å²) >= 11 is 3.20. The van der Waals surface area contributed by atoms with Gasteiger partial charge in [-0.3, -0.25) is 4.79 Å². The molecule has 122 valence electrons. The second-order valence-electron chi connectivity index (χ2n) is 4.78. The second kappa shape index (κ2) is 7.97. The van der Waals surface area contributed by atoms with Crippen molar-refractivity contribution in [3.8, 4) is 11.5 Å². The van der Waals surface area contributed by atoms with Crippen LogP contribution in [0, 0.1) is 5.82 Å². The number of hydrogen-bond acceptors (Lipinski definition) is 3. The molecular formula is C17H17BrFNO3. The molecule has 2 aromatic rings. The average Bonchev–Trinajstić information content (AvgIpc) is 2.52. The molecule has 4 nitrogen and oxygen atoms in total. The Morgan fingerprint density at radius 3 is 2.57 bits per heavy atom. The summed E-state index contributed by atoms with van der Waals surface area (Å²) in [5, 5.41) is 2.75. The summed E-state index contributed by atoms with van der Waals surface area (Å²) in [5.41, 5.74) is 0.645. The van der Waals surface area contributed by atoms with E-state index < -0.39 is 6.10 Å². The Hall–Kier alpha value is -2.08. The first kappa shape index (κ1) is 17.3. The van der Waals surface area contributed by atoms with E-state index in [0.717, 1.165) is 5.75 Å². The number of rotatable bonds is 6. The van der Waals surface area contributed by atoms with Gasteiger partial charge in [0.15, 0.2) is 6.10 Å². The van der Waals surface area contributed by atoms with Crippen LogP contribution in [0.25, 0.3) is 0 Å². The van der Waals surface area contributed by atoms with Gasteiger partial charge in [-0.15, -0.1) is 0 Å². The second-order valence-corrected chi connectivity index (χ2v) is 5.64. The molecular weight excluding hydrogens is 365 g/mol. The van der Waals surface area contributed by atoms with Crippen molar-refractivity contribution < 1.29 is 18.7 Å². The number of benzene rings is 2. The maximum atomic E-state index is 13.0. The van der Waals surface area contributed by atoms with Crippen molar-refractivity contribution in [3.63, 3.8) is 0 Å². The minimum atomic E-state index is -0.733. The molecule has 6 heteroatoms. The lowest BCUT2D eigenvalue weighted by Crippen LogP contribution is -2.30. The molecule has 1 N–H and O–H groups in total. The molecule has 23 heavy (non-hydrogen) atoms. The third kappa shape index (κ3) is 4.96. The van der Waals surface area contributed by atoms with E-state index in [2.05, 4.69) is 21.2 Å². The van der Waals surface area contributed by atoms with Gasteiger partial charge in [0, 0.05) is 5.69 Å². The monoisotopic (exact) mass is 381 g/mol. The van der Waals surface area contributed by atoms with Crippen molar-refractivity contribution in [1.29, 1.82) is 0 Å². The summed E-state index contributed by atoms with van der Waals surface area (Å²) < 4.78 is 24.4. The van der Waals surface area contributed by atoms with Crippen molar-refractivity contribution in [2.45, 2.75) is 20.0 Å². The first-order chi connectivity index (χ1) is 11.0. The summed E-state index contributed by atoms with van der Waals surface area (Å²) in [5.74, 6) is 0.465. The van der Waals surface area contributed by atoms with Crippen LogP contribution in [-0.2, 0) is 4.79 Å². The highest BCUT2D eigenvalue weighted by atomic mass is 79.9. The molecule has 0 aromatic heterocycles. The molecule has 0 aliphatic carbocycles. The van der Waals surface area contributed by atoms with Crippen LogP contribution in [0.3, 0.4) is 0 Å². The zero-order valence-corrected chi connectivity index (χ0v) is 14.4. The highest BCUT2D eigenvalue weighted by Crippen LogP contribution is 2.26. The van der Waals surface area contributed by atoms with Crippen molar-refractivity contribution >= 4 is 27.5 Å². The van der Waals surface area contributed by atoms with Gasteiger partial charge in [0.1, 0.15) is 17.3 Å². The van der Waals surface area contributed by atoms with Gasteiger partial charge in [0.25, 0.3) is 5.91 Å². The summed E-state index contributed by atoms with van der Waals surface area (Å²) in [4.78, 5) is 12.1. The van der Waals surface area contributed by atoms with Crippen LogP contribution in [0.5, 0.6) is 11.5 Å². The van der Waals surface area contributed by atoms with Crippen LogP contribution in [0.15, 0.2) is 46.9 Å². The molecule has 1 atom stereocenters. The van der Waals surface area contributed by atoms with Crippen molar-refractivity contribution in [2.75, 3.05) is 11.9 Å². The normalized spacial score (nSPS) is 11.7. The molecule has 0 bridgehead atoms. The quantitative estimate of drug-likeness (QED) is 0.806. The number of carbonyl (C=O) groups is 1. The third-order valence-corrected chi connectivity index (χ3v) is 3.62. The highest BCUT2D eigenvalue weighted by Gasteiger charge is 2.16. The number of carbonyl (C=O) groups excluding carboxylic acids is 1. The van der Waals surface area contributed by atoms with Gasteiger partial charge < -0.3 is 14.8 Å². The van der Waals surface area contributed by atoms with Gasteiger partial charge in [0.2, 0.25) is 0 Å². The summed E-state index contributed by atoms with van der Waals surface area (Å²) in [6, 6.07) is 11.1. The minimum Gasteiger partial charge on any atom is -0.494 e. The zero-order valence-electron chi connectivity index (χ0n) is 12.8. The van der Waals surface area contributed by atoms with Gasteiger partial charge in [-0.25, -0.2) is 4.39 Å². The van der Waals surface area contributed by atoms with Crippen LogP contribution in [0.4, 0.5) is 10.1 Å². The Morgan fingerprint density at radius 1 is 1.26 bits per heavy atom. The molecule has 0 radical (unpaired) electrons. The van der Waals surface area contributed by atoms with Gasteiger partial charge >= 0.3 is 0 Å². The Kier molecular flexibility index (Phi) is 5.98. The summed E-state index contributed by atoms with van der Waals surface area (Å²) in [7, 11) is 0. The molecule has 0 heterocycles. The van der Waals surface area contributed by atoms with E-state index in [-0.39, 0.29) is 11.7 Å². The largest absolute Gasteiger partial charge is 0.494 e. The van der Waals surface area contributed by atoms with Crippen LogP contribution in [0.1, 0.15) is 13.8 Å². The lowest BCUT2D eigenvalue weighted by atomic mass is 10.2. The van der Waals surface area contributed by atoms with E-state index in [1.54, 1.807) is 31.2 Å². The molecule has 1 unspecified atom stereocenters. The van der Waals surface area contributed by atoms with Gasteiger partial charge in [-0.2, -0.15) is 0 Å². The first-order valence-corrected chi connectivity index (χ1v) is 7.94. The van der Waals surface area contributed by atoms with E-state index in [1.807, 2.05) is 6.92 Å². The fourth-order valence-corrected chi connectivity index (χ4v) is 2.30. The lowest BCUT2D eigenvalue weighted by molar-refractivity contribution is -0.122. The Morgan fingerprint density at radius 2 is 1.96 bits per heavy atom. The maximum absolute atomic E-state index is 13.0. The van der Waals surface area contributed by atoms with E-state index in [0.29, 0.717) is 22.5 Å². The molecule has 0 saturated carbocycles. The Labute approximate surface area is 142 Å². The number of anilines is 1. The molecule has 0 saturated heterocycles. The van der Waals surface area contributed by atoms with Gasteiger partial charge in [-0.05, 0) is 72.2 Å². The van der Waals surface area contributed by atoms with E-state index >= 15 is 0 Å². The summed E-state index contributed by atoms with van der Waals surface area (Å²) in [6.07, 6.45) is -0.733. The SMILES string of the molecule is CCOc1ccc(NC(=O)C(C)Oc2ccc(F)cc2Br)cc1. The highest BCUT2D eigenvalue weighted by molar-refractivity contribution is 9.10. The van der Waals surface area contributed by atoms with Gasteiger partial charge in [0.05, 0.1) is 11.1 Å². The van der Waals surface area contributed by atoms with E-state index in [1.165, 1.54) is 18.2 Å². The Bertz CT molecular complexity index is 676. The first-order valence-electron chi connectivity index (χ1n) is 7.15. The summed E-state index contributed by atoms with van der Waals surface area (Å²) in [6.45, 7) is 4.12. The fraction of sp³-hybridized carbons (Fsp3) is 0.235. The van der Waals surface area contributed by atoms with Crippen LogP contribution in [0.2, 0.25) is 0 Å². The third-order valence-electron chi connectivity index (χ3n) is 3.00. The smallest absolute Gasteiger partial charge is 0.265 e. The van der Waals surface area contributed by atoms with Crippen molar-refractivity contribution in [2.24, 2.45) is 0 Å². The average molecular weight is 382 g/mol.